The molecule has 0 spiro atoms. The van der Waals surface area contributed by atoms with Crippen LogP contribution < -0.4 is 20.3 Å². The number of piperazine rings is 1. The van der Waals surface area contributed by atoms with Crippen LogP contribution in [-0.4, -0.2) is 69.0 Å². The van der Waals surface area contributed by atoms with Crippen LogP contribution in [0.1, 0.15) is 46.8 Å². The lowest BCUT2D eigenvalue weighted by Crippen LogP contribution is -2.54. The van der Waals surface area contributed by atoms with Crippen LogP contribution in [0.5, 0.6) is 0 Å². The first kappa shape index (κ1) is 29.5. The molecule has 0 radical (unpaired) electrons. The Morgan fingerprint density at radius 2 is 1.81 bits per heavy atom. The van der Waals surface area contributed by atoms with Crippen LogP contribution in [0.25, 0.3) is 0 Å². The molecule has 0 aliphatic carbocycles. The summed E-state index contributed by atoms with van der Waals surface area (Å²) in [6, 6.07) is 17.0. The van der Waals surface area contributed by atoms with Crippen LogP contribution in [0.4, 0.5) is 17.2 Å². The maximum atomic E-state index is 14.1. The summed E-state index contributed by atoms with van der Waals surface area (Å²) < 4.78 is 24.4. The molecule has 1 atom stereocenters. The zero-order chi connectivity index (χ0) is 30.0. The molecule has 10 nitrogen and oxygen atoms in total. The molecule has 3 aromatic rings. The lowest BCUT2D eigenvalue weighted by atomic mass is 9.96. The topological polar surface area (TPSA) is 136 Å². The second-order valence-corrected chi connectivity index (χ2v) is 12.6. The Kier molecular flexibility index (Phi) is 8.50. The number of carbonyl (C=O) groups excluding carboxylic acids is 1. The minimum absolute atomic E-state index is 0.0219. The number of nitrogens with two attached hydrogens (primary N) is 1. The third-order valence-electron chi connectivity index (χ3n) is 8.23. The fourth-order valence-corrected chi connectivity index (χ4v) is 6.84. The highest BCUT2D eigenvalue weighted by molar-refractivity contribution is 7.89. The highest BCUT2D eigenvalue weighted by atomic mass is 32.2. The largest absolute Gasteiger partial charge is 0.349 e. The Balaban J connectivity index is 1.47. The van der Waals surface area contributed by atoms with Gasteiger partial charge in [0.2, 0.25) is 10.0 Å². The van der Waals surface area contributed by atoms with E-state index in [1.807, 2.05) is 54.0 Å². The van der Waals surface area contributed by atoms with Crippen molar-refractivity contribution in [1.82, 2.24) is 15.2 Å². The first-order valence-corrected chi connectivity index (χ1v) is 15.8. The highest BCUT2D eigenvalue weighted by Gasteiger charge is 2.33. The number of amides is 1. The summed E-state index contributed by atoms with van der Waals surface area (Å²) in [7, 11) is -3.95. The molecule has 5 rings (SSSR count). The van der Waals surface area contributed by atoms with Gasteiger partial charge in [-0.05, 0) is 88.2 Å². The van der Waals surface area contributed by atoms with E-state index in [-0.39, 0.29) is 22.9 Å². The predicted molar refractivity (Wildman–Crippen MR) is 163 cm³/mol. The number of para-hydroxylation sites is 1. The first-order chi connectivity index (χ1) is 20.1. The molecule has 0 unspecified atom stereocenters. The van der Waals surface area contributed by atoms with E-state index in [9.17, 15) is 18.5 Å². The Hall–Kier alpha value is -3.98. The quantitative estimate of drug-likeness (QED) is 0.448. The van der Waals surface area contributed by atoms with E-state index < -0.39 is 10.0 Å². The smallest absolute Gasteiger partial charge is 0.254 e. The number of aromatic nitrogens is 1. The van der Waals surface area contributed by atoms with Crippen LogP contribution in [0, 0.1) is 25.2 Å². The molecule has 0 saturated carbocycles. The average molecular weight is 588 g/mol. The van der Waals surface area contributed by atoms with E-state index in [4.69, 9.17) is 5.14 Å². The highest BCUT2D eigenvalue weighted by Crippen LogP contribution is 2.37. The van der Waals surface area contributed by atoms with Gasteiger partial charge in [0.1, 0.15) is 16.8 Å². The van der Waals surface area contributed by atoms with Gasteiger partial charge in [0.15, 0.2) is 0 Å². The fraction of sp³-hybridized carbons (Fsp3) is 0.387. The molecular formula is C31H37N7O3S. The van der Waals surface area contributed by atoms with Gasteiger partial charge in [-0.25, -0.2) is 18.5 Å². The number of aryl methyl sites for hydroxylation is 2. The average Bonchev–Trinajstić information content (AvgIpc) is 2.98. The number of nitriles is 1. The standard InChI is InChI=1S/C31H37N7O3S/c1-21-17-22(2)28(38(25-10-13-34-14-11-25)27-8-5-4-7-24(27)19-32)18-26(21)31(39)36-15-16-37(23(3)20-36)30-29(42(33,40)41)9-6-12-35-30/h4-9,12,17-18,23,25,34H,10-11,13-16,20H2,1-3H3,(H2,33,40,41)/t23-/m0/s1. The Labute approximate surface area is 247 Å². The van der Waals surface area contributed by atoms with Crippen LogP contribution in [0.2, 0.25) is 0 Å². The first-order valence-electron chi connectivity index (χ1n) is 14.2. The number of hydrogen-bond acceptors (Lipinski definition) is 8. The number of nitrogens with zero attached hydrogens (tertiary/aromatic N) is 5. The number of sulfonamides is 1. The van der Waals surface area contributed by atoms with Crippen molar-refractivity contribution >= 4 is 33.1 Å². The number of nitrogens with one attached hydrogen (secondary N) is 1. The summed E-state index contributed by atoms with van der Waals surface area (Å²) in [5.74, 6) is 0.231. The number of anilines is 3. The number of hydrogen-bond donors (Lipinski definition) is 2. The molecule has 1 aromatic heterocycles. The van der Waals surface area contributed by atoms with Gasteiger partial charge < -0.3 is 20.0 Å². The molecule has 2 fully saturated rings. The summed E-state index contributed by atoms with van der Waals surface area (Å²) in [6.07, 6.45) is 3.39. The molecular weight excluding hydrogens is 550 g/mol. The van der Waals surface area contributed by atoms with Gasteiger partial charge in [-0.2, -0.15) is 5.26 Å². The number of primary sulfonamides is 1. The Morgan fingerprint density at radius 1 is 1.07 bits per heavy atom. The zero-order valence-corrected chi connectivity index (χ0v) is 25.1. The molecule has 3 N–H and O–H groups in total. The molecule has 220 valence electrons. The summed E-state index contributed by atoms with van der Waals surface area (Å²) in [6.45, 7) is 8.95. The van der Waals surface area contributed by atoms with Crippen LogP contribution in [0.15, 0.2) is 59.6 Å². The second-order valence-electron chi connectivity index (χ2n) is 11.1. The number of piperidine rings is 1. The van der Waals surface area contributed by atoms with Gasteiger partial charge in [-0.3, -0.25) is 4.79 Å². The molecule has 0 bridgehead atoms. The van der Waals surface area contributed by atoms with E-state index in [1.54, 1.807) is 12.3 Å². The normalized spacial score (nSPS) is 18.0. The molecule has 2 aliphatic heterocycles. The summed E-state index contributed by atoms with van der Waals surface area (Å²) >= 11 is 0. The van der Waals surface area contributed by atoms with Crippen molar-refractivity contribution in [1.29, 1.82) is 5.26 Å². The fourth-order valence-electron chi connectivity index (χ4n) is 6.14. The summed E-state index contributed by atoms with van der Waals surface area (Å²) in [5, 5.41) is 18.8. The Morgan fingerprint density at radius 3 is 2.50 bits per heavy atom. The minimum atomic E-state index is -3.95. The molecule has 11 heteroatoms. The van der Waals surface area contributed by atoms with Crippen molar-refractivity contribution < 1.29 is 13.2 Å². The van der Waals surface area contributed by atoms with Crippen molar-refractivity contribution in [3.8, 4) is 6.07 Å². The summed E-state index contributed by atoms with van der Waals surface area (Å²) in [4.78, 5) is 24.3. The van der Waals surface area contributed by atoms with Crippen molar-refractivity contribution in [2.24, 2.45) is 5.14 Å². The van der Waals surface area contributed by atoms with E-state index in [1.165, 1.54) is 6.07 Å². The van der Waals surface area contributed by atoms with Gasteiger partial charge >= 0.3 is 0 Å². The maximum absolute atomic E-state index is 14.1. The van der Waals surface area contributed by atoms with E-state index >= 15 is 0 Å². The van der Waals surface area contributed by atoms with Crippen LogP contribution >= 0.6 is 0 Å². The zero-order valence-electron chi connectivity index (χ0n) is 24.2. The monoisotopic (exact) mass is 587 g/mol. The van der Waals surface area contributed by atoms with E-state index in [0.29, 0.717) is 36.6 Å². The van der Waals surface area contributed by atoms with Gasteiger partial charge in [0.05, 0.1) is 11.3 Å². The second kappa shape index (κ2) is 12.1. The number of carbonyl (C=O) groups is 1. The molecule has 2 saturated heterocycles. The van der Waals surface area contributed by atoms with Crippen molar-refractivity contribution in [3.05, 3.63) is 77.0 Å². The Bertz CT molecular complexity index is 1630. The van der Waals surface area contributed by atoms with Crippen molar-refractivity contribution in [2.45, 2.75) is 50.6 Å². The third kappa shape index (κ3) is 5.83. The van der Waals surface area contributed by atoms with Crippen LogP contribution in [0.3, 0.4) is 0 Å². The van der Waals surface area contributed by atoms with Crippen molar-refractivity contribution in [3.63, 3.8) is 0 Å². The number of pyridine rings is 1. The summed E-state index contributed by atoms with van der Waals surface area (Å²) in [5.41, 5.74) is 4.92. The number of rotatable bonds is 6. The molecule has 3 heterocycles. The molecule has 42 heavy (non-hydrogen) atoms. The van der Waals surface area contributed by atoms with Gasteiger partial charge in [0, 0.05) is 49.2 Å². The van der Waals surface area contributed by atoms with Crippen molar-refractivity contribution in [2.75, 3.05) is 42.5 Å². The van der Waals surface area contributed by atoms with Gasteiger partial charge in [-0.1, -0.05) is 18.2 Å². The maximum Gasteiger partial charge on any atom is 0.254 e. The number of benzene rings is 2. The van der Waals surface area contributed by atoms with Gasteiger partial charge in [0.25, 0.3) is 5.91 Å². The lowest BCUT2D eigenvalue weighted by Gasteiger charge is -2.41. The molecule has 1 amide bonds. The van der Waals surface area contributed by atoms with Crippen LogP contribution in [-0.2, 0) is 10.0 Å². The molecule has 2 aromatic carbocycles. The molecule has 2 aliphatic rings. The third-order valence-corrected chi connectivity index (χ3v) is 9.17. The lowest BCUT2D eigenvalue weighted by molar-refractivity contribution is 0.0725. The predicted octanol–water partition coefficient (Wildman–Crippen LogP) is 3.46. The van der Waals surface area contributed by atoms with Gasteiger partial charge in [-0.15, -0.1) is 0 Å². The SMILES string of the molecule is Cc1cc(C)c(N(c2ccccc2C#N)C2CCNCC2)cc1C(=O)N1CCN(c2ncccc2S(N)(=O)=O)[C@@H](C)C1. The van der Waals surface area contributed by atoms with E-state index in [2.05, 4.69) is 34.3 Å². The minimum Gasteiger partial charge on any atom is -0.349 e. The van der Waals surface area contributed by atoms with E-state index in [0.717, 1.165) is 48.4 Å².